The molecule has 0 nitrogen and oxygen atoms in total. The van der Waals surface area contributed by atoms with E-state index in [0.29, 0.717) is 0 Å². The van der Waals surface area contributed by atoms with Crippen LogP contribution in [-0.2, 0) is 6.42 Å². The van der Waals surface area contributed by atoms with Crippen molar-refractivity contribution in [3.8, 4) is 0 Å². The fourth-order valence-corrected chi connectivity index (χ4v) is 1.42. The highest BCUT2D eigenvalue weighted by Crippen LogP contribution is 2.10. The normalized spacial score (nSPS) is 9.89. The van der Waals surface area contributed by atoms with Crippen LogP contribution in [0, 0.1) is 6.42 Å². The second kappa shape index (κ2) is 3.67. The summed E-state index contributed by atoms with van der Waals surface area (Å²) in [5.41, 5.74) is 0. The van der Waals surface area contributed by atoms with Crippen molar-refractivity contribution in [2.45, 2.75) is 19.8 Å². The minimum atomic E-state index is 1.15. The molecule has 0 spiro atoms. The molecule has 0 fully saturated rings. The molecule has 1 rings (SSSR count). The molecule has 1 aromatic rings. The quantitative estimate of drug-likeness (QED) is 0.604. The van der Waals surface area contributed by atoms with Crippen molar-refractivity contribution in [1.29, 1.82) is 0 Å². The molecule has 0 aliphatic heterocycles. The van der Waals surface area contributed by atoms with E-state index in [1.165, 1.54) is 11.3 Å². The van der Waals surface area contributed by atoms with E-state index >= 15 is 0 Å². The van der Waals surface area contributed by atoms with Crippen molar-refractivity contribution in [2.75, 3.05) is 0 Å². The molecule has 1 heteroatoms. The topological polar surface area (TPSA) is 0 Å². The molecule has 9 heavy (non-hydrogen) atoms. The van der Waals surface area contributed by atoms with Crippen molar-refractivity contribution in [3.63, 3.8) is 0 Å². The summed E-state index contributed by atoms with van der Waals surface area (Å²) in [5, 5.41) is 2.12. The third kappa shape index (κ3) is 2.19. The Balaban J connectivity index is 2.30. The van der Waals surface area contributed by atoms with Crippen LogP contribution in [0.4, 0.5) is 0 Å². The summed E-state index contributed by atoms with van der Waals surface area (Å²) >= 11 is 1.83. The van der Waals surface area contributed by atoms with Gasteiger partial charge in [0.15, 0.2) is 0 Å². The third-order valence-electron chi connectivity index (χ3n) is 1.21. The Labute approximate surface area is 60.5 Å². The lowest BCUT2D eigenvalue weighted by Gasteiger charge is -1.89. The monoisotopic (exact) mass is 139 g/mol. The van der Waals surface area contributed by atoms with Crippen molar-refractivity contribution in [3.05, 3.63) is 28.8 Å². The molecule has 0 aromatic carbocycles. The molecule has 0 aliphatic carbocycles. The Hall–Kier alpha value is -0.300. The number of hydrogen-bond donors (Lipinski definition) is 0. The van der Waals surface area contributed by atoms with Crippen LogP contribution in [0.25, 0.3) is 0 Å². The van der Waals surface area contributed by atoms with Crippen molar-refractivity contribution in [1.82, 2.24) is 0 Å². The van der Waals surface area contributed by atoms with Gasteiger partial charge in [0, 0.05) is 4.88 Å². The predicted octanol–water partition coefficient (Wildman–Crippen LogP) is 2.90. The van der Waals surface area contributed by atoms with E-state index < -0.39 is 0 Å². The third-order valence-corrected chi connectivity index (χ3v) is 2.11. The SMILES string of the molecule is CC[CH]Cc1cccs1. The van der Waals surface area contributed by atoms with Crippen molar-refractivity contribution in [2.24, 2.45) is 0 Å². The van der Waals surface area contributed by atoms with Gasteiger partial charge in [0.1, 0.15) is 0 Å². The highest BCUT2D eigenvalue weighted by atomic mass is 32.1. The van der Waals surface area contributed by atoms with E-state index in [2.05, 4.69) is 30.9 Å². The Morgan fingerprint density at radius 3 is 3.11 bits per heavy atom. The molecule has 0 atom stereocenters. The van der Waals surface area contributed by atoms with Crippen LogP contribution in [0.2, 0.25) is 0 Å². The largest absolute Gasteiger partial charge is 0.149 e. The van der Waals surface area contributed by atoms with Gasteiger partial charge in [-0.3, -0.25) is 0 Å². The number of rotatable bonds is 3. The van der Waals surface area contributed by atoms with Gasteiger partial charge in [0.05, 0.1) is 0 Å². The van der Waals surface area contributed by atoms with Gasteiger partial charge in [0.25, 0.3) is 0 Å². The molecule has 0 amide bonds. The average molecular weight is 139 g/mol. The molecule has 0 N–H and O–H groups in total. The van der Waals surface area contributed by atoms with Gasteiger partial charge in [-0.2, -0.15) is 0 Å². The average Bonchev–Trinajstić information content (AvgIpc) is 2.34. The van der Waals surface area contributed by atoms with Crippen LogP contribution in [0.15, 0.2) is 17.5 Å². The maximum Gasteiger partial charge on any atom is 0.00480 e. The maximum absolute atomic E-state index is 2.30. The zero-order chi connectivity index (χ0) is 6.53. The summed E-state index contributed by atoms with van der Waals surface area (Å²) in [6.45, 7) is 2.17. The van der Waals surface area contributed by atoms with Gasteiger partial charge in [-0.05, 0) is 24.3 Å². The summed E-state index contributed by atoms with van der Waals surface area (Å²) in [6, 6.07) is 4.28. The van der Waals surface area contributed by atoms with Gasteiger partial charge in [-0.1, -0.05) is 19.4 Å². The standard InChI is InChI=1S/C8H11S/c1-2-3-5-8-6-4-7-9-8/h3-4,6-7H,2,5H2,1H3. The van der Waals surface area contributed by atoms with Crippen LogP contribution in [0.1, 0.15) is 18.2 Å². The Morgan fingerprint density at radius 2 is 2.56 bits per heavy atom. The fraction of sp³-hybridized carbons (Fsp3) is 0.375. The lowest BCUT2D eigenvalue weighted by Crippen LogP contribution is -1.77. The Bertz CT molecular complexity index is 142. The van der Waals surface area contributed by atoms with Crippen LogP contribution in [-0.4, -0.2) is 0 Å². The summed E-state index contributed by atoms with van der Waals surface area (Å²) in [5.74, 6) is 0. The van der Waals surface area contributed by atoms with E-state index in [1.54, 1.807) is 0 Å². The molecular formula is C8H11S. The first-order valence-electron chi connectivity index (χ1n) is 3.27. The number of thiophene rings is 1. The number of unbranched alkanes of at least 4 members (excludes halogenated alkanes) is 1. The first-order chi connectivity index (χ1) is 4.43. The van der Waals surface area contributed by atoms with Gasteiger partial charge in [0.2, 0.25) is 0 Å². The zero-order valence-electron chi connectivity index (χ0n) is 5.63. The van der Waals surface area contributed by atoms with Crippen LogP contribution < -0.4 is 0 Å². The Kier molecular flexibility index (Phi) is 2.78. The Morgan fingerprint density at radius 1 is 1.67 bits per heavy atom. The van der Waals surface area contributed by atoms with Gasteiger partial charge >= 0.3 is 0 Å². The summed E-state index contributed by atoms with van der Waals surface area (Å²) in [7, 11) is 0. The second-order valence-corrected chi connectivity index (χ2v) is 3.01. The highest BCUT2D eigenvalue weighted by Gasteiger charge is 1.89. The van der Waals surface area contributed by atoms with E-state index in [-0.39, 0.29) is 0 Å². The molecule has 0 unspecified atom stereocenters. The minimum Gasteiger partial charge on any atom is -0.149 e. The van der Waals surface area contributed by atoms with E-state index in [4.69, 9.17) is 0 Å². The van der Waals surface area contributed by atoms with E-state index in [1.807, 2.05) is 11.3 Å². The molecule has 1 heterocycles. The first-order valence-corrected chi connectivity index (χ1v) is 4.15. The first kappa shape index (κ1) is 6.81. The van der Waals surface area contributed by atoms with Crippen LogP contribution >= 0.6 is 11.3 Å². The van der Waals surface area contributed by atoms with Gasteiger partial charge < -0.3 is 0 Å². The van der Waals surface area contributed by atoms with Crippen LogP contribution in [0.3, 0.4) is 0 Å². The van der Waals surface area contributed by atoms with Gasteiger partial charge in [-0.25, -0.2) is 0 Å². The summed E-state index contributed by atoms with van der Waals surface area (Å²) < 4.78 is 0. The smallest absolute Gasteiger partial charge is 0.00480 e. The molecule has 0 aliphatic rings. The molecule has 1 radical (unpaired) electrons. The lowest BCUT2D eigenvalue weighted by atomic mass is 10.2. The molecule has 1 aromatic heterocycles. The maximum atomic E-state index is 2.30. The zero-order valence-corrected chi connectivity index (χ0v) is 6.45. The molecule has 0 saturated heterocycles. The fourth-order valence-electron chi connectivity index (χ4n) is 0.715. The highest BCUT2D eigenvalue weighted by molar-refractivity contribution is 7.09. The van der Waals surface area contributed by atoms with Crippen LogP contribution in [0.5, 0.6) is 0 Å². The van der Waals surface area contributed by atoms with Gasteiger partial charge in [-0.15, -0.1) is 11.3 Å². The summed E-state index contributed by atoms with van der Waals surface area (Å²) in [4.78, 5) is 1.47. The number of hydrogen-bond acceptors (Lipinski definition) is 1. The molecule has 0 saturated carbocycles. The van der Waals surface area contributed by atoms with Crippen molar-refractivity contribution >= 4 is 11.3 Å². The minimum absolute atomic E-state index is 1.15. The lowest BCUT2D eigenvalue weighted by molar-refractivity contribution is 1.01. The summed E-state index contributed by atoms with van der Waals surface area (Å²) in [6.07, 6.45) is 4.62. The molecule has 0 bridgehead atoms. The predicted molar refractivity (Wildman–Crippen MR) is 42.6 cm³/mol. The molecule has 49 valence electrons. The van der Waals surface area contributed by atoms with E-state index in [9.17, 15) is 0 Å². The second-order valence-electron chi connectivity index (χ2n) is 1.98. The van der Waals surface area contributed by atoms with Crippen molar-refractivity contribution < 1.29 is 0 Å². The van der Waals surface area contributed by atoms with E-state index in [0.717, 1.165) is 6.42 Å². The molecular weight excluding hydrogens is 128 g/mol.